The van der Waals surface area contributed by atoms with Crippen LogP contribution in [0.4, 0.5) is 5.82 Å². The molecule has 3 aliphatic rings. The third-order valence-electron chi connectivity index (χ3n) is 6.90. The van der Waals surface area contributed by atoms with Crippen molar-refractivity contribution in [1.29, 1.82) is 0 Å². The fourth-order valence-electron chi connectivity index (χ4n) is 5.09. The summed E-state index contributed by atoms with van der Waals surface area (Å²) in [6.07, 6.45) is 9.47. The summed E-state index contributed by atoms with van der Waals surface area (Å²) in [5.74, 6) is 2.98. The number of aromatic nitrogens is 1. The molecule has 5 heteroatoms. The molecule has 0 aliphatic carbocycles. The van der Waals surface area contributed by atoms with Crippen LogP contribution in [0.1, 0.15) is 32.1 Å². The molecule has 0 bridgehead atoms. The van der Waals surface area contributed by atoms with E-state index < -0.39 is 0 Å². The van der Waals surface area contributed by atoms with Crippen LogP contribution in [0, 0.1) is 11.8 Å². The SMILES string of the molecule is C=C1C=CN=C(OC2CCN(c3ccc4ccccc4n3)CC2)C(C2CCNCC2)C1. The molecule has 1 atom stereocenters. The van der Waals surface area contributed by atoms with Crippen molar-refractivity contribution in [2.45, 2.75) is 38.2 Å². The molecule has 2 saturated heterocycles. The minimum atomic E-state index is 0.222. The Morgan fingerprint density at radius 2 is 1.81 bits per heavy atom. The lowest BCUT2D eigenvalue weighted by molar-refractivity contribution is 0.135. The molecular weight excluding hydrogens is 384 g/mol. The van der Waals surface area contributed by atoms with Gasteiger partial charge in [-0.2, -0.15) is 0 Å². The standard InChI is InChI=1S/C26H32N4O/c1-19-8-15-28-26(23(18-19)20-9-13-27-14-10-20)31-22-11-16-30(17-12-22)25-7-6-21-4-2-3-5-24(21)29-25/h2-8,15,20,22-23,27H,1,9-14,16-18H2. The summed E-state index contributed by atoms with van der Waals surface area (Å²) in [6.45, 7) is 8.32. The van der Waals surface area contributed by atoms with Crippen LogP contribution in [0.15, 0.2) is 65.8 Å². The molecule has 1 unspecified atom stereocenters. The highest BCUT2D eigenvalue weighted by molar-refractivity contribution is 5.81. The predicted molar refractivity (Wildman–Crippen MR) is 127 cm³/mol. The number of rotatable bonds is 3. The third-order valence-corrected chi connectivity index (χ3v) is 6.90. The maximum atomic E-state index is 6.57. The van der Waals surface area contributed by atoms with Crippen LogP contribution in [0.5, 0.6) is 0 Å². The van der Waals surface area contributed by atoms with E-state index >= 15 is 0 Å². The number of fused-ring (bicyclic) bond motifs is 1. The lowest BCUT2D eigenvalue weighted by atomic mass is 9.81. The van der Waals surface area contributed by atoms with Crippen molar-refractivity contribution in [3.8, 4) is 0 Å². The number of ether oxygens (including phenoxy) is 1. The van der Waals surface area contributed by atoms with Gasteiger partial charge in [0, 0.05) is 43.4 Å². The van der Waals surface area contributed by atoms with Gasteiger partial charge in [-0.1, -0.05) is 30.4 Å². The summed E-state index contributed by atoms with van der Waals surface area (Å²) < 4.78 is 6.57. The van der Waals surface area contributed by atoms with E-state index in [1.165, 1.54) is 18.2 Å². The highest BCUT2D eigenvalue weighted by Crippen LogP contribution is 2.32. The van der Waals surface area contributed by atoms with E-state index in [0.29, 0.717) is 11.8 Å². The first-order valence-electron chi connectivity index (χ1n) is 11.7. The van der Waals surface area contributed by atoms with E-state index in [-0.39, 0.29) is 6.10 Å². The zero-order valence-electron chi connectivity index (χ0n) is 18.2. The first kappa shape index (κ1) is 20.3. The Hall–Kier alpha value is -2.66. The number of aliphatic imine (C=N–C) groups is 1. The molecule has 0 amide bonds. The van der Waals surface area contributed by atoms with Crippen molar-refractivity contribution in [1.82, 2.24) is 10.3 Å². The van der Waals surface area contributed by atoms with E-state index in [4.69, 9.17) is 14.7 Å². The Balaban J connectivity index is 1.23. The number of nitrogens with one attached hydrogen (secondary N) is 1. The van der Waals surface area contributed by atoms with Crippen molar-refractivity contribution in [3.63, 3.8) is 0 Å². The molecule has 0 radical (unpaired) electrons. The van der Waals surface area contributed by atoms with Gasteiger partial charge in [-0.3, -0.25) is 0 Å². The van der Waals surface area contributed by atoms with Crippen molar-refractivity contribution >= 4 is 22.6 Å². The Kier molecular flexibility index (Phi) is 6.03. The lowest BCUT2D eigenvalue weighted by Gasteiger charge is -2.36. The van der Waals surface area contributed by atoms with Crippen LogP contribution in [0.3, 0.4) is 0 Å². The van der Waals surface area contributed by atoms with Crippen molar-refractivity contribution in [2.24, 2.45) is 16.8 Å². The number of allylic oxidation sites excluding steroid dienone is 2. The molecule has 2 aromatic rings. The largest absolute Gasteiger partial charge is 0.477 e. The van der Waals surface area contributed by atoms with Crippen molar-refractivity contribution in [2.75, 3.05) is 31.1 Å². The van der Waals surface area contributed by atoms with Gasteiger partial charge in [-0.25, -0.2) is 9.98 Å². The van der Waals surface area contributed by atoms with Gasteiger partial charge in [0.1, 0.15) is 11.9 Å². The molecule has 4 heterocycles. The van der Waals surface area contributed by atoms with Gasteiger partial charge in [0.15, 0.2) is 5.90 Å². The zero-order chi connectivity index (χ0) is 21.0. The van der Waals surface area contributed by atoms with Gasteiger partial charge in [-0.05, 0) is 62.5 Å². The maximum absolute atomic E-state index is 6.57. The summed E-state index contributed by atoms with van der Waals surface area (Å²) in [5.41, 5.74) is 2.21. The topological polar surface area (TPSA) is 49.8 Å². The minimum absolute atomic E-state index is 0.222. The number of nitrogens with zero attached hydrogens (tertiary/aromatic N) is 3. The molecule has 1 N–H and O–H groups in total. The number of hydrogen-bond acceptors (Lipinski definition) is 5. The number of para-hydroxylation sites is 1. The van der Waals surface area contributed by atoms with Gasteiger partial charge < -0.3 is 15.0 Å². The molecule has 31 heavy (non-hydrogen) atoms. The number of pyridine rings is 1. The van der Waals surface area contributed by atoms with Crippen LogP contribution < -0.4 is 10.2 Å². The van der Waals surface area contributed by atoms with E-state index in [1.807, 2.05) is 12.3 Å². The van der Waals surface area contributed by atoms with Crippen molar-refractivity contribution in [3.05, 3.63) is 60.8 Å². The smallest absolute Gasteiger partial charge is 0.191 e. The van der Waals surface area contributed by atoms with Crippen LogP contribution in [-0.4, -0.2) is 43.2 Å². The maximum Gasteiger partial charge on any atom is 0.191 e. The normalized spacial score (nSPS) is 23.6. The van der Waals surface area contributed by atoms with Crippen molar-refractivity contribution < 1.29 is 4.74 Å². The molecule has 3 aliphatic heterocycles. The van der Waals surface area contributed by atoms with Gasteiger partial charge in [0.2, 0.25) is 0 Å². The van der Waals surface area contributed by atoms with Crippen LogP contribution in [0.25, 0.3) is 10.9 Å². The molecule has 1 aromatic carbocycles. The Labute approximate surface area is 184 Å². The summed E-state index contributed by atoms with van der Waals surface area (Å²) in [7, 11) is 0. The summed E-state index contributed by atoms with van der Waals surface area (Å²) in [6, 6.07) is 12.6. The predicted octanol–water partition coefficient (Wildman–Crippen LogP) is 4.71. The number of piperidine rings is 2. The Bertz CT molecular complexity index is 984. The third kappa shape index (κ3) is 4.67. The molecule has 5 rings (SSSR count). The fraction of sp³-hybridized carbons (Fsp3) is 0.462. The second-order valence-corrected chi connectivity index (χ2v) is 9.01. The van der Waals surface area contributed by atoms with Gasteiger partial charge in [0.25, 0.3) is 0 Å². The van der Waals surface area contributed by atoms with Gasteiger partial charge >= 0.3 is 0 Å². The van der Waals surface area contributed by atoms with E-state index in [2.05, 4.69) is 53.2 Å². The molecule has 1 aromatic heterocycles. The number of hydrogen-bond donors (Lipinski definition) is 1. The van der Waals surface area contributed by atoms with Crippen LogP contribution >= 0.6 is 0 Å². The average Bonchev–Trinajstić information content (AvgIpc) is 3.01. The summed E-state index contributed by atoms with van der Waals surface area (Å²) in [4.78, 5) is 12.0. The van der Waals surface area contributed by atoms with Crippen LogP contribution in [0.2, 0.25) is 0 Å². The Morgan fingerprint density at radius 3 is 2.65 bits per heavy atom. The second-order valence-electron chi connectivity index (χ2n) is 9.01. The molecular formula is C26H32N4O. The van der Waals surface area contributed by atoms with E-state index in [9.17, 15) is 0 Å². The summed E-state index contributed by atoms with van der Waals surface area (Å²) >= 11 is 0. The van der Waals surface area contributed by atoms with E-state index in [0.717, 1.165) is 68.2 Å². The first-order valence-corrected chi connectivity index (χ1v) is 11.7. The first-order chi connectivity index (χ1) is 15.3. The molecule has 2 fully saturated rings. The highest BCUT2D eigenvalue weighted by Gasteiger charge is 2.32. The second kappa shape index (κ2) is 9.23. The number of benzene rings is 1. The molecule has 0 saturated carbocycles. The Morgan fingerprint density at radius 1 is 1.00 bits per heavy atom. The quantitative estimate of drug-likeness (QED) is 0.787. The molecule has 162 valence electrons. The van der Waals surface area contributed by atoms with Gasteiger partial charge in [-0.15, -0.1) is 0 Å². The summed E-state index contributed by atoms with van der Waals surface area (Å²) in [5, 5.41) is 4.67. The highest BCUT2D eigenvalue weighted by atomic mass is 16.5. The van der Waals surface area contributed by atoms with E-state index in [1.54, 1.807) is 0 Å². The van der Waals surface area contributed by atoms with Crippen LogP contribution in [-0.2, 0) is 4.74 Å². The lowest BCUT2D eigenvalue weighted by Crippen LogP contribution is -2.41. The number of anilines is 1. The monoisotopic (exact) mass is 416 g/mol. The molecule has 5 nitrogen and oxygen atoms in total. The molecule has 0 spiro atoms. The minimum Gasteiger partial charge on any atom is -0.477 e. The fourth-order valence-corrected chi connectivity index (χ4v) is 5.09. The zero-order valence-corrected chi connectivity index (χ0v) is 18.2. The average molecular weight is 417 g/mol. The van der Waals surface area contributed by atoms with Gasteiger partial charge in [0.05, 0.1) is 5.52 Å².